The lowest BCUT2D eigenvalue weighted by Gasteiger charge is -2.22. The van der Waals surface area contributed by atoms with E-state index >= 15 is 0 Å². The van der Waals surface area contributed by atoms with E-state index in [0.717, 1.165) is 36.4 Å². The summed E-state index contributed by atoms with van der Waals surface area (Å²) in [5.74, 6) is 1.68. The number of amides is 1. The number of hydrogen-bond acceptors (Lipinski definition) is 3. The van der Waals surface area contributed by atoms with Crippen molar-refractivity contribution >= 4 is 5.91 Å². The van der Waals surface area contributed by atoms with Crippen molar-refractivity contribution in [2.75, 3.05) is 20.2 Å². The summed E-state index contributed by atoms with van der Waals surface area (Å²) >= 11 is 0. The topological polar surface area (TPSA) is 50.4 Å². The van der Waals surface area contributed by atoms with E-state index in [1.54, 1.807) is 7.11 Å². The highest BCUT2D eigenvalue weighted by Gasteiger charge is 2.14. The third kappa shape index (κ3) is 5.05. The molecular formula is C17H26N2O2. The minimum absolute atomic E-state index is 0.135. The summed E-state index contributed by atoms with van der Waals surface area (Å²) in [6.07, 6.45) is 4.01. The van der Waals surface area contributed by atoms with Crippen LogP contribution in [0.5, 0.6) is 5.75 Å². The maximum absolute atomic E-state index is 12.0. The summed E-state index contributed by atoms with van der Waals surface area (Å²) < 4.78 is 5.36. The van der Waals surface area contributed by atoms with Gasteiger partial charge in [0.1, 0.15) is 5.75 Å². The van der Waals surface area contributed by atoms with E-state index in [2.05, 4.69) is 10.6 Å². The van der Waals surface area contributed by atoms with Gasteiger partial charge in [-0.25, -0.2) is 0 Å². The largest absolute Gasteiger partial charge is 0.496 e. The highest BCUT2D eigenvalue weighted by Crippen LogP contribution is 2.20. The quantitative estimate of drug-likeness (QED) is 0.846. The minimum Gasteiger partial charge on any atom is -0.496 e. The lowest BCUT2D eigenvalue weighted by Crippen LogP contribution is -2.29. The second-order valence-electron chi connectivity index (χ2n) is 5.82. The van der Waals surface area contributed by atoms with Crippen LogP contribution in [0, 0.1) is 12.8 Å². The Morgan fingerprint density at radius 2 is 2.14 bits per heavy atom. The van der Waals surface area contributed by atoms with Crippen LogP contribution in [0.1, 0.15) is 36.8 Å². The number of ether oxygens (including phenoxy) is 1. The van der Waals surface area contributed by atoms with Crippen molar-refractivity contribution in [2.24, 2.45) is 5.92 Å². The first-order valence-electron chi connectivity index (χ1n) is 7.80. The number of methoxy groups -OCH3 is 1. The van der Waals surface area contributed by atoms with Gasteiger partial charge in [-0.05, 0) is 56.8 Å². The minimum atomic E-state index is 0.135. The van der Waals surface area contributed by atoms with Gasteiger partial charge in [-0.1, -0.05) is 12.1 Å². The molecule has 0 aliphatic carbocycles. The van der Waals surface area contributed by atoms with E-state index in [4.69, 9.17) is 4.74 Å². The zero-order chi connectivity index (χ0) is 15.1. The molecule has 1 amide bonds. The molecule has 1 heterocycles. The molecule has 21 heavy (non-hydrogen) atoms. The molecule has 0 atom stereocenters. The van der Waals surface area contributed by atoms with Crippen LogP contribution in [0.2, 0.25) is 0 Å². The van der Waals surface area contributed by atoms with Gasteiger partial charge in [0, 0.05) is 18.5 Å². The number of carbonyl (C=O) groups is 1. The van der Waals surface area contributed by atoms with Crippen LogP contribution < -0.4 is 15.4 Å². The van der Waals surface area contributed by atoms with Crippen molar-refractivity contribution in [1.29, 1.82) is 0 Å². The third-order valence-electron chi connectivity index (χ3n) is 4.16. The zero-order valence-corrected chi connectivity index (χ0v) is 13.1. The van der Waals surface area contributed by atoms with Crippen LogP contribution in [0.3, 0.4) is 0 Å². The van der Waals surface area contributed by atoms with Crippen molar-refractivity contribution in [3.8, 4) is 5.75 Å². The molecule has 0 radical (unpaired) electrons. The fourth-order valence-electron chi connectivity index (χ4n) is 2.79. The summed E-state index contributed by atoms with van der Waals surface area (Å²) in [4.78, 5) is 12.0. The highest BCUT2D eigenvalue weighted by molar-refractivity contribution is 5.75. The summed E-state index contributed by atoms with van der Waals surface area (Å²) in [5, 5.41) is 6.35. The molecule has 116 valence electrons. The molecule has 1 fully saturated rings. The van der Waals surface area contributed by atoms with E-state index in [1.165, 1.54) is 12.8 Å². The molecule has 2 rings (SSSR count). The molecule has 0 unspecified atom stereocenters. The molecular weight excluding hydrogens is 264 g/mol. The summed E-state index contributed by atoms with van der Waals surface area (Å²) in [6, 6.07) is 6.05. The molecule has 0 spiro atoms. The Morgan fingerprint density at radius 3 is 2.86 bits per heavy atom. The van der Waals surface area contributed by atoms with Crippen molar-refractivity contribution in [3.05, 3.63) is 29.3 Å². The van der Waals surface area contributed by atoms with Crippen molar-refractivity contribution in [3.63, 3.8) is 0 Å². The molecule has 0 bridgehead atoms. The molecule has 1 aliphatic heterocycles. The average Bonchev–Trinajstić information content (AvgIpc) is 2.52. The molecule has 4 heteroatoms. The molecule has 2 N–H and O–H groups in total. The van der Waals surface area contributed by atoms with Crippen LogP contribution >= 0.6 is 0 Å². The molecule has 0 aromatic heterocycles. The first kappa shape index (κ1) is 15.8. The van der Waals surface area contributed by atoms with Crippen LogP contribution in [-0.4, -0.2) is 26.1 Å². The molecule has 1 aliphatic rings. The van der Waals surface area contributed by atoms with Gasteiger partial charge in [0.05, 0.1) is 7.11 Å². The van der Waals surface area contributed by atoms with Gasteiger partial charge in [-0.2, -0.15) is 0 Å². The van der Waals surface area contributed by atoms with Crippen molar-refractivity contribution in [2.45, 2.75) is 39.2 Å². The number of benzene rings is 1. The van der Waals surface area contributed by atoms with E-state index in [1.807, 2.05) is 25.1 Å². The number of carbonyl (C=O) groups excluding carboxylic acids is 1. The lowest BCUT2D eigenvalue weighted by atomic mass is 9.93. The molecule has 0 saturated carbocycles. The van der Waals surface area contributed by atoms with Crippen LogP contribution in [0.25, 0.3) is 0 Å². The predicted molar refractivity (Wildman–Crippen MR) is 84.4 cm³/mol. The predicted octanol–water partition coefficient (Wildman–Crippen LogP) is 2.40. The highest BCUT2D eigenvalue weighted by atomic mass is 16.5. The summed E-state index contributed by atoms with van der Waals surface area (Å²) in [6.45, 7) is 4.75. The van der Waals surface area contributed by atoms with Gasteiger partial charge in [0.25, 0.3) is 0 Å². The maximum atomic E-state index is 12.0. The van der Waals surface area contributed by atoms with Crippen molar-refractivity contribution < 1.29 is 9.53 Å². The number of piperidine rings is 1. The van der Waals surface area contributed by atoms with Gasteiger partial charge in [-0.3, -0.25) is 4.79 Å². The summed E-state index contributed by atoms with van der Waals surface area (Å²) in [7, 11) is 1.66. The van der Waals surface area contributed by atoms with Crippen LogP contribution in [0.15, 0.2) is 18.2 Å². The van der Waals surface area contributed by atoms with E-state index in [-0.39, 0.29) is 5.91 Å². The molecule has 1 aromatic carbocycles. The summed E-state index contributed by atoms with van der Waals surface area (Å²) in [5.41, 5.74) is 2.19. The van der Waals surface area contributed by atoms with E-state index < -0.39 is 0 Å². The van der Waals surface area contributed by atoms with Crippen LogP contribution in [-0.2, 0) is 11.3 Å². The Morgan fingerprint density at radius 1 is 1.38 bits per heavy atom. The first-order chi connectivity index (χ1) is 10.2. The Hall–Kier alpha value is -1.55. The number of nitrogens with one attached hydrogen (secondary N) is 2. The Bertz CT molecular complexity index is 468. The second-order valence-corrected chi connectivity index (χ2v) is 5.82. The van der Waals surface area contributed by atoms with Gasteiger partial charge in [0.15, 0.2) is 0 Å². The van der Waals surface area contributed by atoms with E-state index in [9.17, 15) is 4.79 Å². The Balaban J connectivity index is 1.75. The second kappa shape index (κ2) is 8.03. The number of rotatable bonds is 6. The first-order valence-corrected chi connectivity index (χ1v) is 7.80. The smallest absolute Gasteiger partial charge is 0.220 e. The fraction of sp³-hybridized carbons (Fsp3) is 0.588. The molecule has 4 nitrogen and oxygen atoms in total. The van der Waals surface area contributed by atoms with Gasteiger partial charge >= 0.3 is 0 Å². The SMILES string of the molecule is COc1cc(C)ccc1CNC(=O)CCC1CCNCC1. The average molecular weight is 290 g/mol. The van der Waals surface area contributed by atoms with E-state index in [0.29, 0.717) is 18.9 Å². The fourth-order valence-corrected chi connectivity index (χ4v) is 2.79. The zero-order valence-electron chi connectivity index (χ0n) is 13.1. The van der Waals surface area contributed by atoms with Gasteiger partial charge < -0.3 is 15.4 Å². The third-order valence-corrected chi connectivity index (χ3v) is 4.16. The number of hydrogen-bond donors (Lipinski definition) is 2. The maximum Gasteiger partial charge on any atom is 0.220 e. The number of aryl methyl sites for hydroxylation is 1. The standard InChI is InChI=1S/C17H26N2O2/c1-13-3-5-15(16(11-13)21-2)12-19-17(20)6-4-14-7-9-18-10-8-14/h3,5,11,14,18H,4,6-10,12H2,1-2H3,(H,19,20). The van der Waals surface area contributed by atoms with Crippen LogP contribution in [0.4, 0.5) is 0 Å². The normalized spacial score (nSPS) is 15.7. The Labute approximate surface area is 127 Å². The molecule has 1 saturated heterocycles. The Kier molecular flexibility index (Phi) is 6.05. The van der Waals surface area contributed by atoms with Gasteiger partial charge in [0.2, 0.25) is 5.91 Å². The van der Waals surface area contributed by atoms with Gasteiger partial charge in [-0.15, -0.1) is 0 Å². The van der Waals surface area contributed by atoms with Crippen molar-refractivity contribution in [1.82, 2.24) is 10.6 Å². The molecule has 1 aromatic rings. The monoisotopic (exact) mass is 290 g/mol. The lowest BCUT2D eigenvalue weighted by molar-refractivity contribution is -0.121.